The highest BCUT2D eigenvalue weighted by Crippen LogP contribution is 2.38. The van der Waals surface area contributed by atoms with Gasteiger partial charge in [0.05, 0.1) is 11.6 Å². The molecule has 1 aromatic heterocycles. The van der Waals surface area contributed by atoms with E-state index >= 15 is 0 Å². The van der Waals surface area contributed by atoms with Crippen molar-refractivity contribution in [2.75, 3.05) is 19.6 Å². The number of hydrogen-bond donors (Lipinski definition) is 2. The number of hydrogen-bond acceptors (Lipinski definition) is 4. The number of carbonyl (C=O) groups is 2. The molecule has 1 spiro atoms. The van der Waals surface area contributed by atoms with Gasteiger partial charge < -0.3 is 10.2 Å². The lowest BCUT2D eigenvalue weighted by atomic mass is 9.80. The first kappa shape index (κ1) is 25.2. The van der Waals surface area contributed by atoms with Gasteiger partial charge in [0, 0.05) is 32.4 Å². The molecule has 1 aromatic carbocycles. The quantitative estimate of drug-likeness (QED) is 0.636. The molecule has 0 radical (unpaired) electrons. The summed E-state index contributed by atoms with van der Waals surface area (Å²) < 4.78 is 1.77. The van der Waals surface area contributed by atoms with Crippen LogP contribution in [0.4, 0.5) is 0 Å². The molecule has 8 nitrogen and oxygen atoms in total. The number of aryl methyl sites for hydroxylation is 1. The van der Waals surface area contributed by atoms with Crippen LogP contribution in [0.3, 0.4) is 0 Å². The minimum absolute atomic E-state index is 0.0270. The smallest absolute Gasteiger partial charge is 0.269 e. The minimum atomic E-state index is -0.823. The van der Waals surface area contributed by atoms with E-state index < -0.39 is 11.6 Å². The first-order valence-electron chi connectivity index (χ1n) is 12.9. The fraction of sp³-hybridized carbons (Fsp3) is 0.593. The molecule has 2 aliphatic rings. The predicted molar refractivity (Wildman–Crippen MR) is 136 cm³/mol. The number of carbonyl (C=O) groups excluding carboxylic acids is 2. The van der Waals surface area contributed by atoms with E-state index in [1.54, 1.807) is 4.68 Å². The van der Waals surface area contributed by atoms with Crippen LogP contribution in [0.15, 0.2) is 35.1 Å². The monoisotopic (exact) mass is 481 g/mol. The Labute approximate surface area is 207 Å². The molecule has 2 fully saturated rings. The summed E-state index contributed by atoms with van der Waals surface area (Å²) in [7, 11) is 1.85. The van der Waals surface area contributed by atoms with Crippen LogP contribution in [0, 0.1) is 12.8 Å². The third kappa shape index (κ3) is 4.56. The van der Waals surface area contributed by atoms with Crippen molar-refractivity contribution in [2.24, 2.45) is 13.0 Å². The largest absolute Gasteiger partial charge is 0.342 e. The molecule has 0 saturated carbocycles. The van der Waals surface area contributed by atoms with Crippen LogP contribution in [0.1, 0.15) is 69.3 Å². The van der Waals surface area contributed by atoms with Crippen molar-refractivity contribution in [3.05, 3.63) is 57.5 Å². The van der Waals surface area contributed by atoms with Crippen molar-refractivity contribution in [3.8, 4) is 0 Å². The normalized spacial score (nSPS) is 21.5. The van der Waals surface area contributed by atoms with Gasteiger partial charge in [0.15, 0.2) is 0 Å². The number of rotatable bonds is 7. The molecule has 190 valence electrons. The SMILES string of the molecule is CCCN1C(=O)C(CC(C)C)NC(=O)C12CCN(C(c1ccccc1)c1c(C)n(C)[nH]c1=O)CC2. The zero-order valence-corrected chi connectivity index (χ0v) is 21.6. The average molecular weight is 482 g/mol. The predicted octanol–water partition coefficient (Wildman–Crippen LogP) is 2.73. The number of nitrogens with zero attached hydrogens (tertiary/aromatic N) is 3. The Balaban J connectivity index is 1.65. The Morgan fingerprint density at radius 3 is 2.29 bits per heavy atom. The summed E-state index contributed by atoms with van der Waals surface area (Å²) in [5.41, 5.74) is 1.78. The van der Waals surface area contributed by atoms with Gasteiger partial charge in [0.2, 0.25) is 11.8 Å². The van der Waals surface area contributed by atoms with Crippen LogP contribution < -0.4 is 10.9 Å². The molecule has 2 aromatic rings. The van der Waals surface area contributed by atoms with E-state index in [9.17, 15) is 14.4 Å². The zero-order chi connectivity index (χ0) is 25.3. The number of piperidine rings is 1. The van der Waals surface area contributed by atoms with Gasteiger partial charge in [-0.05, 0) is 44.1 Å². The summed E-state index contributed by atoms with van der Waals surface area (Å²) in [6.45, 7) is 9.97. The highest BCUT2D eigenvalue weighted by atomic mass is 16.2. The van der Waals surface area contributed by atoms with Crippen LogP contribution in [0.25, 0.3) is 0 Å². The average Bonchev–Trinajstić information content (AvgIpc) is 3.08. The number of aromatic amines is 1. The Morgan fingerprint density at radius 1 is 1.09 bits per heavy atom. The summed E-state index contributed by atoms with van der Waals surface area (Å²) >= 11 is 0. The lowest BCUT2D eigenvalue weighted by Crippen LogP contribution is -2.73. The number of piperazine rings is 1. The molecule has 0 aliphatic carbocycles. The third-order valence-electron chi connectivity index (χ3n) is 7.75. The lowest BCUT2D eigenvalue weighted by Gasteiger charge is -2.52. The molecule has 35 heavy (non-hydrogen) atoms. The van der Waals surface area contributed by atoms with Gasteiger partial charge in [-0.1, -0.05) is 51.1 Å². The molecule has 2 atom stereocenters. The highest BCUT2D eigenvalue weighted by Gasteiger charge is 2.53. The first-order chi connectivity index (χ1) is 16.7. The second-order valence-corrected chi connectivity index (χ2v) is 10.5. The van der Waals surface area contributed by atoms with E-state index in [1.807, 2.05) is 37.1 Å². The number of benzene rings is 1. The molecule has 3 heterocycles. The van der Waals surface area contributed by atoms with E-state index in [1.165, 1.54) is 0 Å². The van der Waals surface area contributed by atoms with Crippen molar-refractivity contribution < 1.29 is 9.59 Å². The summed E-state index contributed by atoms with van der Waals surface area (Å²) in [5.74, 6) is 0.340. The molecule has 4 rings (SSSR count). The Bertz CT molecular complexity index is 1110. The van der Waals surface area contributed by atoms with Gasteiger partial charge in [0.1, 0.15) is 11.6 Å². The van der Waals surface area contributed by atoms with Gasteiger partial charge in [0.25, 0.3) is 5.56 Å². The van der Waals surface area contributed by atoms with Crippen LogP contribution in [-0.2, 0) is 16.6 Å². The molecule has 2 amide bonds. The van der Waals surface area contributed by atoms with Crippen LogP contribution >= 0.6 is 0 Å². The number of nitrogens with one attached hydrogen (secondary N) is 2. The van der Waals surface area contributed by atoms with Gasteiger partial charge in [-0.25, -0.2) is 0 Å². The van der Waals surface area contributed by atoms with Crippen molar-refractivity contribution in [2.45, 2.75) is 71.0 Å². The van der Waals surface area contributed by atoms with E-state index in [2.05, 4.69) is 48.2 Å². The van der Waals surface area contributed by atoms with Crippen molar-refractivity contribution in [1.29, 1.82) is 0 Å². The Hall–Kier alpha value is -2.87. The van der Waals surface area contributed by atoms with E-state index in [-0.39, 0.29) is 23.4 Å². The third-order valence-corrected chi connectivity index (χ3v) is 7.75. The maximum atomic E-state index is 13.5. The standard InChI is InChI=1S/C27H39N5O3/c1-6-14-32-25(34)21(17-18(2)3)28-26(35)27(32)12-15-31(16-13-27)23(20-10-8-7-9-11-20)22-19(4)30(5)29-24(22)33/h7-11,18,21,23H,6,12-17H2,1-5H3,(H,28,35)(H,29,33). The van der Waals surface area contributed by atoms with Gasteiger partial charge >= 0.3 is 0 Å². The fourth-order valence-electron chi connectivity index (χ4n) is 5.86. The zero-order valence-electron chi connectivity index (χ0n) is 21.6. The molecule has 2 saturated heterocycles. The maximum absolute atomic E-state index is 13.5. The molecule has 0 bridgehead atoms. The summed E-state index contributed by atoms with van der Waals surface area (Å²) in [4.78, 5) is 44.1. The lowest BCUT2D eigenvalue weighted by molar-refractivity contribution is -0.162. The molecular formula is C27H39N5O3. The van der Waals surface area contributed by atoms with Gasteiger partial charge in [-0.2, -0.15) is 0 Å². The number of H-pyrrole nitrogens is 1. The number of aromatic nitrogens is 2. The second-order valence-electron chi connectivity index (χ2n) is 10.5. The maximum Gasteiger partial charge on any atom is 0.269 e. The van der Waals surface area contributed by atoms with Gasteiger partial charge in [-0.3, -0.25) is 29.1 Å². The van der Waals surface area contributed by atoms with E-state index in [0.29, 0.717) is 44.8 Å². The molecule has 2 N–H and O–H groups in total. The summed E-state index contributed by atoms with van der Waals surface area (Å²) in [5, 5.41) is 5.96. The highest BCUT2D eigenvalue weighted by molar-refractivity contribution is 6.00. The Morgan fingerprint density at radius 2 is 1.74 bits per heavy atom. The molecular weight excluding hydrogens is 442 g/mol. The van der Waals surface area contributed by atoms with Crippen molar-refractivity contribution in [1.82, 2.24) is 24.9 Å². The minimum Gasteiger partial charge on any atom is -0.342 e. The fourth-order valence-corrected chi connectivity index (χ4v) is 5.86. The first-order valence-corrected chi connectivity index (χ1v) is 12.9. The van der Waals surface area contributed by atoms with Crippen LogP contribution in [0.2, 0.25) is 0 Å². The van der Waals surface area contributed by atoms with E-state index in [4.69, 9.17) is 0 Å². The van der Waals surface area contributed by atoms with Crippen LogP contribution in [0.5, 0.6) is 0 Å². The number of amides is 2. The van der Waals surface area contributed by atoms with Gasteiger partial charge in [-0.15, -0.1) is 0 Å². The molecule has 2 unspecified atom stereocenters. The number of likely N-dealkylation sites (tertiary alicyclic amines) is 1. The topological polar surface area (TPSA) is 90.4 Å². The second kappa shape index (κ2) is 10.0. The van der Waals surface area contributed by atoms with Crippen molar-refractivity contribution in [3.63, 3.8) is 0 Å². The van der Waals surface area contributed by atoms with E-state index in [0.717, 1.165) is 23.2 Å². The summed E-state index contributed by atoms with van der Waals surface area (Å²) in [6, 6.07) is 9.41. The molecule has 2 aliphatic heterocycles. The molecule has 8 heteroatoms. The Kier molecular flexibility index (Phi) is 7.22. The summed E-state index contributed by atoms with van der Waals surface area (Å²) in [6.07, 6.45) is 2.56. The van der Waals surface area contributed by atoms with Crippen LogP contribution in [-0.4, -0.2) is 62.6 Å². The van der Waals surface area contributed by atoms with Crippen molar-refractivity contribution >= 4 is 11.8 Å².